The molecule has 4 heteroatoms. The number of ether oxygens (including phenoxy) is 1. The molecule has 0 bridgehead atoms. The molecule has 0 unspecified atom stereocenters. The molecule has 0 aliphatic heterocycles. The van der Waals surface area contributed by atoms with E-state index in [1.807, 2.05) is 52.1 Å². The number of H-pyrrole nitrogens is 1. The molecule has 0 spiro atoms. The average Bonchev–Trinajstić information content (AvgIpc) is 2.69. The van der Waals surface area contributed by atoms with Crippen molar-refractivity contribution in [1.82, 2.24) is 4.98 Å². The van der Waals surface area contributed by atoms with Crippen molar-refractivity contribution in [2.75, 3.05) is 12.4 Å². The predicted octanol–water partition coefficient (Wildman–Crippen LogP) is 3.16. The number of aromatic nitrogens is 1. The molecule has 96 valence electrons. The van der Waals surface area contributed by atoms with Gasteiger partial charge in [0, 0.05) is 23.6 Å². The van der Waals surface area contributed by atoms with Crippen LogP contribution in [0.25, 0.3) is 10.9 Å². The van der Waals surface area contributed by atoms with Gasteiger partial charge in [-0.05, 0) is 45.0 Å². The van der Waals surface area contributed by atoms with Crippen LogP contribution in [0.3, 0.4) is 0 Å². The van der Waals surface area contributed by atoms with E-state index in [4.69, 9.17) is 4.74 Å². The van der Waals surface area contributed by atoms with Gasteiger partial charge in [0.2, 0.25) is 0 Å². The van der Waals surface area contributed by atoms with Gasteiger partial charge in [0.15, 0.2) is 0 Å². The summed E-state index contributed by atoms with van der Waals surface area (Å²) in [6.45, 7) is 5.56. The first-order valence-corrected chi connectivity index (χ1v) is 5.93. The van der Waals surface area contributed by atoms with Crippen molar-refractivity contribution in [2.45, 2.75) is 26.4 Å². The quantitative estimate of drug-likeness (QED) is 0.800. The maximum atomic E-state index is 11.9. The number of carbonyl (C=O) groups excluding carboxylic acids is 1. The van der Waals surface area contributed by atoms with Gasteiger partial charge in [0.1, 0.15) is 11.3 Å². The number of carbonyl (C=O) groups is 1. The van der Waals surface area contributed by atoms with Gasteiger partial charge in [-0.3, -0.25) is 0 Å². The molecular weight excluding hydrogens is 228 g/mol. The molecule has 4 nitrogen and oxygen atoms in total. The molecule has 1 heterocycles. The molecule has 2 N–H and O–H groups in total. The van der Waals surface area contributed by atoms with Gasteiger partial charge in [-0.15, -0.1) is 0 Å². The molecule has 2 aromatic rings. The Hall–Kier alpha value is -1.97. The van der Waals surface area contributed by atoms with Crippen molar-refractivity contribution < 1.29 is 9.53 Å². The number of hydrogen-bond donors (Lipinski definition) is 2. The molecule has 0 fully saturated rings. The Bertz CT molecular complexity index is 579. The second-order valence-electron chi connectivity index (χ2n) is 5.24. The minimum absolute atomic E-state index is 0.329. The fourth-order valence-electron chi connectivity index (χ4n) is 1.73. The molecular formula is C14H18N2O2. The van der Waals surface area contributed by atoms with Gasteiger partial charge >= 0.3 is 5.97 Å². The van der Waals surface area contributed by atoms with E-state index in [-0.39, 0.29) is 5.97 Å². The topological polar surface area (TPSA) is 54.1 Å². The number of nitrogens with one attached hydrogen (secondary N) is 2. The van der Waals surface area contributed by atoms with Gasteiger partial charge < -0.3 is 15.0 Å². The summed E-state index contributed by atoms with van der Waals surface area (Å²) in [5.74, 6) is -0.329. The van der Waals surface area contributed by atoms with Crippen LogP contribution in [-0.2, 0) is 4.74 Å². The minimum atomic E-state index is -0.482. The Labute approximate surface area is 106 Å². The van der Waals surface area contributed by atoms with Crippen LogP contribution in [0.1, 0.15) is 31.3 Å². The Balaban J connectivity index is 2.32. The monoisotopic (exact) mass is 246 g/mol. The molecule has 0 aliphatic rings. The lowest BCUT2D eigenvalue weighted by molar-refractivity contribution is 0.00639. The van der Waals surface area contributed by atoms with Crippen LogP contribution in [0.4, 0.5) is 5.69 Å². The summed E-state index contributed by atoms with van der Waals surface area (Å²) >= 11 is 0. The number of benzene rings is 1. The zero-order valence-corrected chi connectivity index (χ0v) is 11.1. The summed E-state index contributed by atoms with van der Waals surface area (Å²) in [6, 6.07) is 7.69. The Morgan fingerprint density at radius 3 is 2.61 bits per heavy atom. The van der Waals surface area contributed by atoms with Gasteiger partial charge in [-0.1, -0.05) is 0 Å². The summed E-state index contributed by atoms with van der Waals surface area (Å²) in [5, 5.41) is 4.05. The van der Waals surface area contributed by atoms with E-state index in [2.05, 4.69) is 10.3 Å². The molecule has 0 amide bonds. The first-order valence-electron chi connectivity index (χ1n) is 5.93. The highest BCUT2D eigenvalue weighted by Gasteiger charge is 2.19. The van der Waals surface area contributed by atoms with Gasteiger partial charge in [0.05, 0.1) is 0 Å². The summed E-state index contributed by atoms with van der Waals surface area (Å²) in [6.07, 6.45) is 0. The Kier molecular flexibility index (Phi) is 3.03. The van der Waals surface area contributed by atoms with Crippen molar-refractivity contribution in [1.29, 1.82) is 0 Å². The first kappa shape index (κ1) is 12.5. The number of fused-ring (bicyclic) bond motifs is 1. The Morgan fingerprint density at radius 2 is 2.00 bits per heavy atom. The first-order chi connectivity index (χ1) is 8.39. The zero-order chi connectivity index (χ0) is 13.3. The molecule has 0 radical (unpaired) electrons. The van der Waals surface area contributed by atoms with E-state index in [1.165, 1.54) is 0 Å². The third-order valence-electron chi connectivity index (χ3n) is 2.53. The van der Waals surface area contributed by atoms with Crippen LogP contribution < -0.4 is 5.32 Å². The number of aromatic amines is 1. The largest absolute Gasteiger partial charge is 0.455 e. The van der Waals surface area contributed by atoms with Crippen molar-refractivity contribution in [2.24, 2.45) is 0 Å². The number of esters is 1. The molecule has 0 saturated carbocycles. The predicted molar refractivity (Wildman–Crippen MR) is 73.0 cm³/mol. The molecule has 2 rings (SSSR count). The summed E-state index contributed by atoms with van der Waals surface area (Å²) in [4.78, 5) is 15.0. The van der Waals surface area contributed by atoms with Crippen LogP contribution in [0.2, 0.25) is 0 Å². The fraction of sp³-hybridized carbons (Fsp3) is 0.357. The zero-order valence-electron chi connectivity index (χ0n) is 11.1. The van der Waals surface area contributed by atoms with E-state index in [1.54, 1.807) is 0 Å². The van der Waals surface area contributed by atoms with Crippen molar-refractivity contribution >= 4 is 22.6 Å². The number of anilines is 1. The van der Waals surface area contributed by atoms with E-state index in [9.17, 15) is 4.79 Å². The molecule has 0 aliphatic carbocycles. The fourth-order valence-corrected chi connectivity index (χ4v) is 1.73. The van der Waals surface area contributed by atoms with Crippen LogP contribution in [0, 0.1) is 0 Å². The third-order valence-corrected chi connectivity index (χ3v) is 2.53. The van der Waals surface area contributed by atoms with E-state index in [0.717, 1.165) is 16.6 Å². The van der Waals surface area contributed by atoms with E-state index < -0.39 is 5.60 Å². The Morgan fingerprint density at radius 1 is 1.28 bits per heavy atom. The van der Waals surface area contributed by atoms with E-state index >= 15 is 0 Å². The second kappa shape index (κ2) is 4.37. The van der Waals surface area contributed by atoms with Crippen LogP contribution in [0.15, 0.2) is 24.3 Å². The molecule has 1 aromatic carbocycles. The lowest BCUT2D eigenvalue weighted by Gasteiger charge is -2.18. The highest BCUT2D eigenvalue weighted by Crippen LogP contribution is 2.21. The normalized spacial score (nSPS) is 11.6. The van der Waals surface area contributed by atoms with Gasteiger partial charge in [-0.2, -0.15) is 0 Å². The van der Waals surface area contributed by atoms with Crippen LogP contribution in [0.5, 0.6) is 0 Å². The lowest BCUT2D eigenvalue weighted by atomic mass is 10.2. The van der Waals surface area contributed by atoms with Crippen molar-refractivity contribution in [3.63, 3.8) is 0 Å². The third kappa shape index (κ3) is 2.64. The maximum absolute atomic E-state index is 11.9. The highest BCUT2D eigenvalue weighted by molar-refractivity contribution is 5.95. The summed E-state index contributed by atoms with van der Waals surface area (Å²) in [7, 11) is 1.86. The molecule has 0 saturated heterocycles. The van der Waals surface area contributed by atoms with E-state index in [0.29, 0.717) is 5.69 Å². The minimum Gasteiger partial charge on any atom is -0.455 e. The second-order valence-corrected chi connectivity index (χ2v) is 5.24. The molecule has 18 heavy (non-hydrogen) atoms. The van der Waals surface area contributed by atoms with Crippen molar-refractivity contribution in [3.05, 3.63) is 30.0 Å². The maximum Gasteiger partial charge on any atom is 0.355 e. The van der Waals surface area contributed by atoms with Gasteiger partial charge in [-0.25, -0.2) is 4.79 Å². The van der Waals surface area contributed by atoms with Crippen LogP contribution in [-0.4, -0.2) is 23.6 Å². The SMILES string of the molecule is CNc1ccc2[nH]c(C(=O)OC(C)(C)C)cc2c1. The molecule has 0 atom stereocenters. The smallest absolute Gasteiger partial charge is 0.355 e. The van der Waals surface area contributed by atoms with Gasteiger partial charge in [0.25, 0.3) is 0 Å². The summed E-state index contributed by atoms with van der Waals surface area (Å²) in [5.41, 5.74) is 1.94. The average molecular weight is 246 g/mol. The summed E-state index contributed by atoms with van der Waals surface area (Å²) < 4.78 is 5.32. The standard InChI is InChI=1S/C14H18N2O2/c1-14(2,3)18-13(17)12-8-9-7-10(15-4)5-6-11(9)16-12/h5-8,15-16H,1-4H3. The highest BCUT2D eigenvalue weighted by atomic mass is 16.6. The molecule has 1 aromatic heterocycles. The lowest BCUT2D eigenvalue weighted by Crippen LogP contribution is -2.24. The number of hydrogen-bond acceptors (Lipinski definition) is 3. The van der Waals surface area contributed by atoms with Crippen molar-refractivity contribution in [3.8, 4) is 0 Å². The number of rotatable bonds is 2. The van der Waals surface area contributed by atoms with Crippen LogP contribution >= 0.6 is 0 Å².